The van der Waals surface area contributed by atoms with Crippen LogP contribution in [0.15, 0.2) is 24.3 Å². The molecule has 0 aliphatic carbocycles. The van der Waals surface area contributed by atoms with Crippen molar-refractivity contribution in [2.24, 2.45) is 0 Å². The second kappa shape index (κ2) is 6.49. The Bertz CT molecular complexity index is 379. The first-order chi connectivity index (χ1) is 7.76. The molecule has 0 saturated heterocycles. The van der Waals surface area contributed by atoms with Gasteiger partial charge in [0, 0.05) is 24.9 Å². The summed E-state index contributed by atoms with van der Waals surface area (Å²) >= 11 is 0. The molecule has 1 aromatic rings. The number of hydrogen-bond donors (Lipinski definition) is 2. The number of terminal acetylenes is 1. The van der Waals surface area contributed by atoms with Gasteiger partial charge in [-0.3, -0.25) is 0 Å². The zero-order valence-electron chi connectivity index (χ0n) is 9.12. The molecule has 0 unspecified atom stereocenters. The monoisotopic (exact) mass is 218 g/mol. The highest BCUT2D eigenvalue weighted by Crippen LogP contribution is 2.08. The highest BCUT2D eigenvalue weighted by atomic mass is 16.5. The Balaban J connectivity index is 2.41. The van der Waals surface area contributed by atoms with Crippen molar-refractivity contribution in [3.05, 3.63) is 29.8 Å². The van der Waals surface area contributed by atoms with Crippen molar-refractivity contribution in [2.75, 3.05) is 25.6 Å². The van der Waals surface area contributed by atoms with Gasteiger partial charge in [-0.25, -0.2) is 4.79 Å². The summed E-state index contributed by atoms with van der Waals surface area (Å²) in [6.45, 7) is 0.966. The van der Waals surface area contributed by atoms with Gasteiger partial charge < -0.3 is 15.4 Å². The van der Waals surface area contributed by atoms with Crippen LogP contribution < -0.4 is 10.6 Å². The summed E-state index contributed by atoms with van der Waals surface area (Å²) in [4.78, 5) is 11.3. The zero-order chi connectivity index (χ0) is 11.8. The van der Waals surface area contributed by atoms with Crippen LogP contribution in [0, 0.1) is 12.3 Å². The normalized spacial score (nSPS) is 9.25. The number of anilines is 1. The van der Waals surface area contributed by atoms with Crippen molar-refractivity contribution in [3.8, 4) is 12.3 Å². The van der Waals surface area contributed by atoms with E-state index in [0.29, 0.717) is 18.8 Å². The second-order valence-corrected chi connectivity index (χ2v) is 3.10. The van der Waals surface area contributed by atoms with Crippen LogP contribution in [0.3, 0.4) is 0 Å². The van der Waals surface area contributed by atoms with Crippen molar-refractivity contribution in [1.29, 1.82) is 0 Å². The predicted octanol–water partition coefficient (Wildman–Crippen LogP) is 1.44. The van der Waals surface area contributed by atoms with Crippen LogP contribution in [-0.2, 0) is 4.74 Å². The Morgan fingerprint density at radius 3 is 2.69 bits per heavy atom. The van der Waals surface area contributed by atoms with E-state index in [4.69, 9.17) is 11.2 Å². The SMILES string of the molecule is C#Cc1ccc(NC(=O)NCCOC)cc1. The molecule has 2 amide bonds. The van der Waals surface area contributed by atoms with Crippen LogP contribution in [-0.4, -0.2) is 26.3 Å². The molecule has 0 radical (unpaired) electrons. The zero-order valence-corrected chi connectivity index (χ0v) is 9.12. The average Bonchev–Trinajstić information content (AvgIpc) is 2.30. The number of hydrogen-bond acceptors (Lipinski definition) is 2. The molecule has 0 heterocycles. The lowest BCUT2D eigenvalue weighted by molar-refractivity contribution is 0.198. The molecule has 16 heavy (non-hydrogen) atoms. The molecule has 0 aliphatic heterocycles. The van der Waals surface area contributed by atoms with Gasteiger partial charge in [0.15, 0.2) is 0 Å². The third-order valence-corrected chi connectivity index (χ3v) is 1.90. The Labute approximate surface area is 95.0 Å². The van der Waals surface area contributed by atoms with Crippen molar-refractivity contribution < 1.29 is 9.53 Å². The molecule has 2 N–H and O–H groups in total. The van der Waals surface area contributed by atoms with Crippen molar-refractivity contribution in [1.82, 2.24) is 5.32 Å². The molecule has 84 valence electrons. The smallest absolute Gasteiger partial charge is 0.319 e. The number of methoxy groups -OCH3 is 1. The summed E-state index contributed by atoms with van der Waals surface area (Å²) in [5, 5.41) is 5.32. The molecule has 0 saturated carbocycles. The fourth-order valence-corrected chi connectivity index (χ4v) is 1.09. The maximum Gasteiger partial charge on any atom is 0.319 e. The van der Waals surface area contributed by atoms with Gasteiger partial charge in [0.2, 0.25) is 0 Å². The van der Waals surface area contributed by atoms with Crippen LogP contribution in [0.4, 0.5) is 10.5 Å². The Kier molecular flexibility index (Phi) is 4.90. The van der Waals surface area contributed by atoms with Gasteiger partial charge in [0.25, 0.3) is 0 Å². The second-order valence-electron chi connectivity index (χ2n) is 3.10. The summed E-state index contributed by atoms with van der Waals surface area (Å²) in [5.74, 6) is 2.50. The first-order valence-electron chi connectivity index (χ1n) is 4.86. The van der Waals surface area contributed by atoms with Gasteiger partial charge in [-0.15, -0.1) is 6.42 Å². The number of benzene rings is 1. The lowest BCUT2D eigenvalue weighted by atomic mass is 10.2. The molecule has 4 heteroatoms. The number of nitrogens with one attached hydrogen (secondary N) is 2. The van der Waals surface area contributed by atoms with E-state index in [1.165, 1.54) is 0 Å². The maximum atomic E-state index is 11.3. The fraction of sp³-hybridized carbons (Fsp3) is 0.250. The number of carbonyl (C=O) groups excluding carboxylic acids is 1. The van der Waals surface area contributed by atoms with Crippen LogP contribution in [0.2, 0.25) is 0 Å². The molecule has 4 nitrogen and oxygen atoms in total. The first-order valence-corrected chi connectivity index (χ1v) is 4.86. The van der Waals surface area contributed by atoms with Gasteiger partial charge in [0.1, 0.15) is 0 Å². The van der Waals surface area contributed by atoms with E-state index in [9.17, 15) is 4.79 Å². The Morgan fingerprint density at radius 1 is 1.44 bits per heavy atom. The minimum absolute atomic E-state index is 0.259. The number of carbonyl (C=O) groups is 1. The molecule has 0 bridgehead atoms. The van der Waals surface area contributed by atoms with E-state index in [2.05, 4.69) is 16.6 Å². The van der Waals surface area contributed by atoms with Crippen LogP contribution >= 0.6 is 0 Å². The number of urea groups is 1. The van der Waals surface area contributed by atoms with Gasteiger partial charge in [0.05, 0.1) is 6.61 Å². The van der Waals surface area contributed by atoms with Gasteiger partial charge in [-0.1, -0.05) is 5.92 Å². The van der Waals surface area contributed by atoms with Crippen molar-refractivity contribution in [3.63, 3.8) is 0 Å². The van der Waals surface area contributed by atoms with E-state index in [-0.39, 0.29) is 6.03 Å². The highest BCUT2D eigenvalue weighted by molar-refractivity contribution is 5.89. The molecule has 1 rings (SSSR count). The van der Waals surface area contributed by atoms with Crippen LogP contribution in [0.25, 0.3) is 0 Å². The summed E-state index contributed by atoms with van der Waals surface area (Å²) in [6.07, 6.45) is 5.22. The number of ether oxygens (including phenoxy) is 1. The van der Waals surface area contributed by atoms with E-state index < -0.39 is 0 Å². The van der Waals surface area contributed by atoms with Gasteiger partial charge in [-0.2, -0.15) is 0 Å². The van der Waals surface area contributed by atoms with Crippen molar-refractivity contribution >= 4 is 11.7 Å². The molecular weight excluding hydrogens is 204 g/mol. The lowest BCUT2D eigenvalue weighted by Crippen LogP contribution is -2.31. The third kappa shape index (κ3) is 4.03. The Morgan fingerprint density at radius 2 is 2.12 bits per heavy atom. The Hall–Kier alpha value is -1.99. The van der Waals surface area contributed by atoms with Crippen LogP contribution in [0.1, 0.15) is 5.56 Å². The molecule has 0 aromatic heterocycles. The topological polar surface area (TPSA) is 50.4 Å². The molecule has 1 aromatic carbocycles. The summed E-state index contributed by atoms with van der Waals surface area (Å²) in [6, 6.07) is 6.79. The standard InChI is InChI=1S/C12H14N2O2/c1-3-10-4-6-11(7-5-10)14-12(15)13-8-9-16-2/h1,4-7H,8-9H2,2H3,(H2,13,14,15). The largest absolute Gasteiger partial charge is 0.383 e. The number of amides is 2. The molecule has 0 fully saturated rings. The fourth-order valence-electron chi connectivity index (χ4n) is 1.09. The minimum Gasteiger partial charge on any atom is -0.383 e. The van der Waals surface area contributed by atoms with Crippen molar-refractivity contribution in [2.45, 2.75) is 0 Å². The average molecular weight is 218 g/mol. The lowest BCUT2D eigenvalue weighted by Gasteiger charge is -2.06. The number of rotatable bonds is 4. The highest BCUT2D eigenvalue weighted by Gasteiger charge is 1.99. The maximum absolute atomic E-state index is 11.3. The third-order valence-electron chi connectivity index (χ3n) is 1.90. The molecule has 0 spiro atoms. The minimum atomic E-state index is -0.259. The van der Waals surface area contributed by atoms with E-state index >= 15 is 0 Å². The first kappa shape index (κ1) is 12.1. The summed E-state index contributed by atoms with van der Waals surface area (Å²) in [5.41, 5.74) is 1.49. The molecular formula is C12H14N2O2. The summed E-state index contributed by atoms with van der Waals surface area (Å²) < 4.78 is 4.81. The van der Waals surface area contributed by atoms with E-state index in [0.717, 1.165) is 5.56 Å². The quantitative estimate of drug-likeness (QED) is 0.593. The molecule has 0 aliphatic rings. The van der Waals surface area contributed by atoms with Gasteiger partial charge >= 0.3 is 6.03 Å². The molecule has 0 atom stereocenters. The van der Waals surface area contributed by atoms with E-state index in [1.807, 2.05) is 0 Å². The summed E-state index contributed by atoms with van der Waals surface area (Å²) in [7, 11) is 1.58. The van der Waals surface area contributed by atoms with E-state index in [1.54, 1.807) is 31.4 Å². The van der Waals surface area contributed by atoms with Gasteiger partial charge in [-0.05, 0) is 24.3 Å². The predicted molar refractivity (Wildman–Crippen MR) is 63.3 cm³/mol. The van der Waals surface area contributed by atoms with Crippen LogP contribution in [0.5, 0.6) is 0 Å².